The summed E-state index contributed by atoms with van der Waals surface area (Å²) < 4.78 is 10.6. The largest absolute Gasteiger partial charge is 0.444 e. The maximum absolute atomic E-state index is 12.4. The molecule has 0 bridgehead atoms. The molecule has 0 fully saturated rings. The number of benzene rings is 2. The van der Waals surface area contributed by atoms with Crippen LogP contribution in [0.5, 0.6) is 0 Å². The van der Waals surface area contributed by atoms with E-state index < -0.39 is 30.0 Å². The first-order valence-electron chi connectivity index (χ1n) is 10.1. The summed E-state index contributed by atoms with van der Waals surface area (Å²) in [6.45, 7) is 9.91. The van der Waals surface area contributed by atoms with Crippen LogP contribution in [0, 0.1) is 0 Å². The van der Waals surface area contributed by atoms with Gasteiger partial charge in [0.15, 0.2) is 0 Å². The molecule has 0 atom stereocenters. The fourth-order valence-electron chi connectivity index (χ4n) is 2.56. The molecule has 9 nitrogen and oxygen atoms in total. The first-order valence-corrected chi connectivity index (χ1v) is 10.1. The first kappa shape index (κ1) is 24.8. The minimum Gasteiger partial charge on any atom is -0.444 e. The Bertz CT molecular complexity index is 976. The molecule has 0 aliphatic heterocycles. The highest BCUT2D eigenvalue weighted by atomic mass is 16.6. The second kappa shape index (κ2) is 10.2. The molecule has 0 saturated carbocycles. The highest BCUT2D eigenvalue weighted by molar-refractivity contribution is 5.98. The van der Waals surface area contributed by atoms with Gasteiger partial charge in [0.1, 0.15) is 11.2 Å². The summed E-state index contributed by atoms with van der Waals surface area (Å²) in [4.78, 5) is 24.7. The van der Waals surface area contributed by atoms with Gasteiger partial charge in [-0.3, -0.25) is 10.6 Å². The van der Waals surface area contributed by atoms with Gasteiger partial charge in [-0.15, -0.1) is 0 Å². The molecule has 0 aliphatic carbocycles. The maximum atomic E-state index is 12.4. The lowest BCUT2D eigenvalue weighted by Gasteiger charge is -2.23. The summed E-state index contributed by atoms with van der Waals surface area (Å²) in [5.41, 5.74) is 0.0828. The molecule has 0 unspecified atom stereocenters. The monoisotopic (exact) mass is 442 g/mol. The highest BCUT2D eigenvalue weighted by Gasteiger charge is 2.23. The Morgan fingerprint density at radius 3 is 1.94 bits per heavy atom. The second-order valence-electron chi connectivity index (χ2n) is 8.93. The number of ether oxygens (including phenoxy) is 2. The Hall–Kier alpha value is -3.46. The van der Waals surface area contributed by atoms with Gasteiger partial charge in [-0.1, -0.05) is 18.2 Å². The SMILES string of the molecule is CC(C)(C)OC(=O)Nc1ccc(N=Nc2ccccc2)c(CO)c1NC(=O)OC(C)(C)C. The van der Waals surface area contributed by atoms with E-state index in [9.17, 15) is 14.7 Å². The normalized spacial score (nSPS) is 11.8. The van der Waals surface area contributed by atoms with E-state index >= 15 is 0 Å². The molecule has 0 radical (unpaired) electrons. The van der Waals surface area contributed by atoms with E-state index in [1.165, 1.54) is 6.07 Å². The third-order valence-electron chi connectivity index (χ3n) is 3.74. The smallest absolute Gasteiger partial charge is 0.412 e. The average Bonchev–Trinajstić information content (AvgIpc) is 2.65. The van der Waals surface area contributed by atoms with Crippen LogP contribution in [0.1, 0.15) is 47.1 Å². The molecule has 2 rings (SSSR count). The van der Waals surface area contributed by atoms with Crippen LogP contribution in [0.2, 0.25) is 0 Å². The number of rotatable bonds is 5. The van der Waals surface area contributed by atoms with Gasteiger partial charge in [-0.25, -0.2) is 9.59 Å². The molecule has 0 heterocycles. The molecule has 2 aromatic carbocycles. The van der Waals surface area contributed by atoms with Crippen LogP contribution < -0.4 is 10.6 Å². The van der Waals surface area contributed by atoms with Crippen LogP contribution in [0.3, 0.4) is 0 Å². The second-order valence-corrected chi connectivity index (χ2v) is 8.93. The lowest BCUT2D eigenvalue weighted by Crippen LogP contribution is -2.29. The fourth-order valence-corrected chi connectivity index (χ4v) is 2.56. The number of carbonyl (C=O) groups is 2. The van der Waals surface area contributed by atoms with E-state index in [0.717, 1.165) is 0 Å². The van der Waals surface area contributed by atoms with Crippen LogP contribution in [0.4, 0.5) is 32.3 Å². The van der Waals surface area contributed by atoms with Crippen molar-refractivity contribution in [3.8, 4) is 0 Å². The number of aliphatic hydroxyl groups excluding tert-OH is 1. The average molecular weight is 443 g/mol. The number of hydrogen-bond acceptors (Lipinski definition) is 7. The lowest BCUT2D eigenvalue weighted by atomic mass is 10.1. The van der Waals surface area contributed by atoms with Crippen molar-refractivity contribution in [1.82, 2.24) is 0 Å². The molecule has 32 heavy (non-hydrogen) atoms. The molecule has 0 aliphatic rings. The third kappa shape index (κ3) is 7.99. The van der Waals surface area contributed by atoms with Crippen LogP contribution in [-0.4, -0.2) is 28.5 Å². The van der Waals surface area contributed by atoms with Gasteiger partial charge < -0.3 is 14.6 Å². The minimum atomic E-state index is -0.753. The summed E-state index contributed by atoms with van der Waals surface area (Å²) >= 11 is 0. The van der Waals surface area contributed by atoms with E-state index in [2.05, 4.69) is 20.9 Å². The Morgan fingerprint density at radius 2 is 1.41 bits per heavy atom. The molecule has 3 N–H and O–H groups in total. The van der Waals surface area contributed by atoms with Crippen LogP contribution in [-0.2, 0) is 16.1 Å². The van der Waals surface area contributed by atoms with Crippen molar-refractivity contribution >= 4 is 34.9 Å². The lowest BCUT2D eigenvalue weighted by molar-refractivity contribution is 0.0620. The van der Waals surface area contributed by atoms with Gasteiger partial charge in [-0.2, -0.15) is 10.2 Å². The van der Waals surface area contributed by atoms with Crippen LogP contribution >= 0.6 is 0 Å². The number of anilines is 2. The Morgan fingerprint density at radius 1 is 0.844 bits per heavy atom. The standard InChI is InChI=1S/C23H30N4O5/c1-22(2,3)31-20(29)24-18-13-12-17(27-26-15-10-8-7-9-11-15)16(14-28)19(18)25-21(30)32-23(4,5)6/h7-13,28H,14H2,1-6H3,(H,24,29)(H,25,30). The van der Waals surface area contributed by atoms with Gasteiger partial charge in [0.05, 0.1) is 29.4 Å². The van der Waals surface area contributed by atoms with Crippen molar-refractivity contribution in [2.24, 2.45) is 10.2 Å². The van der Waals surface area contributed by atoms with Crippen molar-refractivity contribution < 1.29 is 24.2 Å². The van der Waals surface area contributed by atoms with Gasteiger partial charge in [0.25, 0.3) is 0 Å². The summed E-state index contributed by atoms with van der Waals surface area (Å²) in [5, 5.41) is 23.6. The van der Waals surface area contributed by atoms with Crippen LogP contribution in [0.25, 0.3) is 0 Å². The zero-order chi connectivity index (χ0) is 23.9. The molecule has 0 saturated heterocycles. The van der Waals surface area contributed by atoms with E-state index in [-0.39, 0.29) is 16.9 Å². The Kier molecular flexibility index (Phi) is 7.93. The number of carbonyl (C=O) groups excluding carboxylic acids is 2. The van der Waals surface area contributed by atoms with E-state index in [4.69, 9.17) is 9.47 Å². The van der Waals surface area contributed by atoms with Crippen LogP contribution in [0.15, 0.2) is 52.7 Å². The molecule has 0 aromatic heterocycles. The molecule has 0 spiro atoms. The van der Waals surface area contributed by atoms with Crippen molar-refractivity contribution in [3.63, 3.8) is 0 Å². The molecular weight excluding hydrogens is 412 g/mol. The molecule has 2 aromatic rings. The molecule has 2 amide bonds. The van der Waals surface area contributed by atoms with Gasteiger partial charge in [-0.05, 0) is 65.8 Å². The van der Waals surface area contributed by atoms with E-state index in [1.807, 2.05) is 18.2 Å². The number of nitrogens with zero attached hydrogens (tertiary/aromatic N) is 2. The fraction of sp³-hybridized carbons (Fsp3) is 0.391. The van der Waals surface area contributed by atoms with Gasteiger partial charge >= 0.3 is 12.2 Å². The molecule has 172 valence electrons. The quantitative estimate of drug-likeness (QED) is 0.470. The number of azo groups is 1. The number of amides is 2. The number of nitrogens with one attached hydrogen (secondary N) is 2. The Labute approximate surface area is 187 Å². The Balaban J connectivity index is 2.44. The summed E-state index contributed by atoms with van der Waals surface area (Å²) in [5.74, 6) is 0. The van der Waals surface area contributed by atoms with E-state index in [0.29, 0.717) is 11.4 Å². The van der Waals surface area contributed by atoms with Gasteiger partial charge in [0.2, 0.25) is 0 Å². The first-order chi connectivity index (χ1) is 14.9. The van der Waals surface area contributed by atoms with E-state index in [1.54, 1.807) is 59.7 Å². The highest BCUT2D eigenvalue weighted by Crippen LogP contribution is 2.36. The summed E-state index contributed by atoms with van der Waals surface area (Å²) in [6, 6.07) is 12.2. The predicted molar refractivity (Wildman–Crippen MR) is 123 cm³/mol. The maximum Gasteiger partial charge on any atom is 0.412 e. The van der Waals surface area contributed by atoms with Gasteiger partial charge in [0, 0.05) is 5.56 Å². The predicted octanol–water partition coefficient (Wildman–Crippen LogP) is 6.29. The number of hydrogen-bond donors (Lipinski definition) is 3. The zero-order valence-electron chi connectivity index (χ0n) is 19.2. The number of aliphatic hydroxyl groups is 1. The zero-order valence-corrected chi connectivity index (χ0v) is 19.2. The van der Waals surface area contributed by atoms with Crippen molar-refractivity contribution in [3.05, 3.63) is 48.0 Å². The topological polar surface area (TPSA) is 122 Å². The van der Waals surface area contributed by atoms with Crippen molar-refractivity contribution in [2.75, 3.05) is 10.6 Å². The third-order valence-corrected chi connectivity index (χ3v) is 3.74. The minimum absolute atomic E-state index is 0.136. The van der Waals surface area contributed by atoms with Crippen molar-refractivity contribution in [1.29, 1.82) is 0 Å². The summed E-state index contributed by atoms with van der Waals surface area (Å²) in [6.07, 6.45) is -1.47. The summed E-state index contributed by atoms with van der Waals surface area (Å²) in [7, 11) is 0. The molecular formula is C23H30N4O5. The molecule has 9 heteroatoms. The van der Waals surface area contributed by atoms with Crippen molar-refractivity contribution in [2.45, 2.75) is 59.4 Å².